The van der Waals surface area contributed by atoms with Crippen LogP contribution in [0.4, 0.5) is 0 Å². The van der Waals surface area contributed by atoms with Crippen molar-refractivity contribution in [2.45, 2.75) is 13.5 Å². The monoisotopic (exact) mass is 266 g/mol. The zero-order valence-corrected chi connectivity index (χ0v) is 11.1. The van der Waals surface area contributed by atoms with Gasteiger partial charge in [0.1, 0.15) is 5.75 Å². The Bertz CT molecular complexity index is 739. The first kappa shape index (κ1) is 12.6. The molecule has 0 aliphatic carbocycles. The largest absolute Gasteiger partial charge is 0.437 e. The maximum atomic E-state index is 9.47. The lowest BCUT2D eigenvalue weighted by molar-refractivity contribution is 0.282. The number of hydrogen-bond acceptors (Lipinski definition) is 4. The minimum absolute atomic E-state index is 0.0501. The number of hydrogen-bond donors (Lipinski definition) is 1. The van der Waals surface area contributed by atoms with E-state index in [9.17, 15) is 5.11 Å². The summed E-state index contributed by atoms with van der Waals surface area (Å²) in [5, 5.41) is 10.4. The minimum Gasteiger partial charge on any atom is -0.437 e. The number of rotatable bonds is 3. The normalized spacial score (nSPS) is 10.7. The van der Waals surface area contributed by atoms with Crippen LogP contribution >= 0.6 is 0 Å². The molecule has 0 unspecified atom stereocenters. The van der Waals surface area contributed by atoms with Gasteiger partial charge in [0.15, 0.2) is 0 Å². The SMILES string of the molecule is Cc1ccc(Oc2cc(CO)c3ccccc3n2)cn1. The summed E-state index contributed by atoms with van der Waals surface area (Å²) in [5.41, 5.74) is 2.53. The highest BCUT2D eigenvalue weighted by Crippen LogP contribution is 2.25. The van der Waals surface area contributed by atoms with Gasteiger partial charge in [-0.15, -0.1) is 0 Å². The summed E-state index contributed by atoms with van der Waals surface area (Å²) in [7, 11) is 0. The van der Waals surface area contributed by atoms with E-state index in [2.05, 4.69) is 9.97 Å². The van der Waals surface area contributed by atoms with Crippen molar-refractivity contribution in [1.29, 1.82) is 0 Å². The molecule has 3 aromatic rings. The van der Waals surface area contributed by atoms with Crippen LogP contribution in [0.5, 0.6) is 11.6 Å². The number of fused-ring (bicyclic) bond motifs is 1. The van der Waals surface area contributed by atoms with Crippen LogP contribution in [-0.4, -0.2) is 15.1 Å². The van der Waals surface area contributed by atoms with E-state index in [0.29, 0.717) is 11.6 Å². The van der Waals surface area contributed by atoms with Gasteiger partial charge in [-0.25, -0.2) is 4.98 Å². The molecule has 0 saturated carbocycles. The summed E-state index contributed by atoms with van der Waals surface area (Å²) in [6.45, 7) is 1.87. The molecular formula is C16H14N2O2. The molecule has 100 valence electrons. The summed E-state index contributed by atoms with van der Waals surface area (Å²) in [6.07, 6.45) is 1.66. The second-order valence-electron chi connectivity index (χ2n) is 4.53. The second-order valence-corrected chi connectivity index (χ2v) is 4.53. The van der Waals surface area contributed by atoms with Gasteiger partial charge in [-0.3, -0.25) is 4.98 Å². The molecule has 4 heteroatoms. The maximum absolute atomic E-state index is 9.47. The number of pyridine rings is 2. The number of aryl methyl sites for hydroxylation is 1. The zero-order valence-electron chi connectivity index (χ0n) is 11.1. The standard InChI is InChI=1S/C16H14N2O2/c1-11-6-7-13(9-17-11)20-16-8-12(10-19)14-4-2-3-5-15(14)18-16/h2-9,19H,10H2,1H3. The van der Waals surface area contributed by atoms with Crippen molar-refractivity contribution in [3.05, 3.63) is 59.9 Å². The predicted molar refractivity (Wildman–Crippen MR) is 76.7 cm³/mol. The molecule has 3 rings (SSSR count). The minimum atomic E-state index is -0.0501. The Hall–Kier alpha value is -2.46. The molecule has 2 aromatic heterocycles. The highest BCUT2D eigenvalue weighted by Gasteiger charge is 2.06. The van der Waals surface area contributed by atoms with Crippen molar-refractivity contribution < 1.29 is 9.84 Å². The fraction of sp³-hybridized carbons (Fsp3) is 0.125. The lowest BCUT2D eigenvalue weighted by Crippen LogP contribution is -1.94. The van der Waals surface area contributed by atoms with Crippen molar-refractivity contribution in [3.63, 3.8) is 0 Å². The maximum Gasteiger partial charge on any atom is 0.220 e. The Kier molecular flexibility index (Phi) is 3.31. The molecule has 0 aliphatic heterocycles. The number of aliphatic hydroxyl groups excluding tert-OH is 1. The number of nitrogens with zero attached hydrogens (tertiary/aromatic N) is 2. The van der Waals surface area contributed by atoms with Crippen molar-refractivity contribution in [2.75, 3.05) is 0 Å². The van der Waals surface area contributed by atoms with Gasteiger partial charge in [-0.2, -0.15) is 0 Å². The van der Waals surface area contributed by atoms with E-state index < -0.39 is 0 Å². The molecular weight excluding hydrogens is 252 g/mol. The smallest absolute Gasteiger partial charge is 0.220 e. The topological polar surface area (TPSA) is 55.2 Å². The van der Waals surface area contributed by atoms with Gasteiger partial charge in [0.25, 0.3) is 0 Å². The lowest BCUT2D eigenvalue weighted by atomic mass is 10.1. The fourth-order valence-electron chi connectivity index (χ4n) is 2.04. The van der Waals surface area contributed by atoms with E-state index in [1.807, 2.05) is 43.3 Å². The third-order valence-electron chi connectivity index (χ3n) is 3.06. The van der Waals surface area contributed by atoms with E-state index in [-0.39, 0.29) is 6.61 Å². The average molecular weight is 266 g/mol. The fourth-order valence-corrected chi connectivity index (χ4v) is 2.04. The van der Waals surface area contributed by atoms with E-state index >= 15 is 0 Å². The molecule has 1 aromatic carbocycles. The number of para-hydroxylation sites is 1. The van der Waals surface area contributed by atoms with E-state index in [4.69, 9.17) is 4.74 Å². The summed E-state index contributed by atoms with van der Waals surface area (Å²) in [4.78, 5) is 8.62. The van der Waals surface area contributed by atoms with Gasteiger partial charge >= 0.3 is 0 Å². The number of benzene rings is 1. The van der Waals surface area contributed by atoms with Gasteiger partial charge in [0.05, 0.1) is 18.3 Å². The molecule has 0 bridgehead atoms. The van der Waals surface area contributed by atoms with E-state index in [0.717, 1.165) is 22.2 Å². The average Bonchev–Trinajstić information content (AvgIpc) is 2.49. The summed E-state index contributed by atoms with van der Waals surface area (Å²) in [5.74, 6) is 1.08. The van der Waals surface area contributed by atoms with Crippen LogP contribution in [0.1, 0.15) is 11.3 Å². The Balaban J connectivity index is 2.01. The first-order chi connectivity index (χ1) is 9.76. The third kappa shape index (κ3) is 2.46. The molecule has 0 fully saturated rings. The van der Waals surface area contributed by atoms with Gasteiger partial charge in [0, 0.05) is 17.1 Å². The Morgan fingerprint density at radius 3 is 2.75 bits per heavy atom. The van der Waals surface area contributed by atoms with Crippen molar-refractivity contribution in [1.82, 2.24) is 9.97 Å². The highest BCUT2D eigenvalue weighted by atomic mass is 16.5. The Labute approximate surface area is 116 Å². The van der Waals surface area contributed by atoms with Crippen molar-refractivity contribution >= 4 is 10.9 Å². The number of aliphatic hydroxyl groups is 1. The van der Waals surface area contributed by atoms with Gasteiger partial charge in [-0.1, -0.05) is 18.2 Å². The lowest BCUT2D eigenvalue weighted by Gasteiger charge is -2.09. The molecule has 1 N–H and O–H groups in total. The van der Waals surface area contributed by atoms with Crippen molar-refractivity contribution in [3.8, 4) is 11.6 Å². The Morgan fingerprint density at radius 1 is 1.15 bits per heavy atom. The van der Waals surface area contributed by atoms with Crippen LogP contribution in [0.2, 0.25) is 0 Å². The van der Waals surface area contributed by atoms with Crippen LogP contribution in [-0.2, 0) is 6.61 Å². The molecule has 0 spiro atoms. The zero-order chi connectivity index (χ0) is 13.9. The van der Waals surface area contributed by atoms with Crippen LogP contribution in [0.25, 0.3) is 10.9 Å². The molecule has 20 heavy (non-hydrogen) atoms. The number of ether oxygens (including phenoxy) is 1. The summed E-state index contributed by atoms with van der Waals surface area (Å²) < 4.78 is 5.70. The summed E-state index contributed by atoms with van der Waals surface area (Å²) in [6, 6.07) is 13.1. The van der Waals surface area contributed by atoms with Crippen LogP contribution in [0, 0.1) is 6.92 Å². The summed E-state index contributed by atoms with van der Waals surface area (Å²) >= 11 is 0. The molecule has 0 aliphatic rings. The second kappa shape index (κ2) is 5.27. The molecule has 0 radical (unpaired) electrons. The van der Waals surface area contributed by atoms with Gasteiger partial charge in [0.2, 0.25) is 5.88 Å². The van der Waals surface area contributed by atoms with Gasteiger partial charge in [-0.05, 0) is 30.7 Å². The van der Waals surface area contributed by atoms with E-state index in [1.165, 1.54) is 0 Å². The Morgan fingerprint density at radius 2 is 2.00 bits per heavy atom. The van der Waals surface area contributed by atoms with Crippen LogP contribution in [0.3, 0.4) is 0 Å². The predicted octanol–water partition coefficient (Wildman–Crippen LogP) is 3.22. The molecule has 0 atom stereocenters. The van der Waals surface area contributed by atoms with Gasteiger partial charge < -0.3 is 9.84 Å². The highest BCUT2D eigenvalue weighted by molar-refractivity contribution is 5.82. The number of aromatic nitrogens is 2. The van der Waals surface area contributed by atoms with Crippen molar-refractivity contribution in [2.24, 2.45) is 0 Å². The molecule has 0 saturated heterocycles. The first-order valence-corrected chi connectivity index (χ1v) is 6.36. The molecule has 4 nitrogen and oxygen atoms in total. The molecule has 2 heterocycles. The van der Waals surface area contributed by atoms with E-state index in [1.54, 1.807) is 12.3 Å². The third-order valence-corrected chi connectivity index (χ3v) is 3.06. The molecule has 0 amide bonds. The van der Waals surface area contributed by atoms with Crippen LogP contribution in [0.15, 0.2) is 48.7 Å². The van der Waals surface area contributed by atoms with Crippen LogP contribution < -0.4 is 4.74 Å². The quantitative estimate of drug-likeness (QED) is 0.790. The first-order valence-electron chi connectivity index (χ1n) is 6.36.